The second-order valence-electron chi connectivity index (χ2n) is 7.37. The van der Waals surface area contributed by atoms with Gasteiger partial charge in [0.05, 0.1) is 26.4 Å². The first-order valence-corrected chi connectivity index (χ1v) is 10.9. The first-order valence-electron chi connectivity index (χ1n) is 9.04. The smallest absolute Gasteiger partial charge is 0.261 e. The molecule has 0 fully saturated rings. The Bertz CT molecular complexity index is 601. The molecule has 0 spiro atoms. The van der Waals surface area contributed by atoms with Crippen LogP contribution in [0, 0.1) is 0 Å². The van der Waals surface area contributed by atoms with Gasteiger partial charge in [-0.05, 0) is 15.4 Å². The maximum absolute atomic E-state index is 9.62. The Morgan fingerprint density at radius 1 is 0.885 bits per heavy atom. The van der Waals surface area contributed by atoms with E-state index in [1.807, 2.05) is 36.4 Å². The fraction of sp³-hybridized carbons (Fsp3) is 0.429. The quantitative estimate of drug-likeness (QED) is 0.659. The van der Waals surface area contributed by atoms with E-state index in [9.17, 15) is 5.11 Å². The van der Waals surface area contributed by atoms with Crippen LogP contribution in [0.4, 0.5) is 0 Å². The molecule has 2 aromatic rings. The maximum Gasteiger partial charge on any atom is 0.261 e. The number of ether oxygens (including phenoxy) is 1. The Labute approximate surface area is 157 Å². The second kappa shape index (κ2) is 9.44. The Hall–Kier alpha value is -1.50. The van der Waals surface area contributed by atoms with Crippen LogP contribution in [0.1, 0.15) is 20.8 Å². The third-order valence-corrected chi connectivity index (χ3v) is 9.56. The van der Waals surface area contributed by atoms with Gasteiger partial charge in [0.2, 0.25) is 0 Å². The normalized spacial score (nSPS) is 13.6. The molecule has 2 rings (SSSR count). The lowest BCUT2D eigenvalue weighted by Crippen LogP contribution is -2.67. The van der Waals surface area contributed by atoms with Gasteiger partial charge in [0, 0.05) is 0 Å². The van der Waals surface area contributed by atoms with Gasteiger partial charge in [0.1, 0.15) is 6.10 Å². The largest absolute Gasteiger partial charge is 0.405 e. The highest BCUT2D eigenvalue weighted by Crippen LogP contribution is 2.36. The summed E-state index contributed by atoms with van der Waals surface area (Å²) in [6.45, 7) is 6.89. The number of aliphatic hydroxyl groups is 2. The van der Waals surface area contributed by atoms with Crippen molar-refractivity contribution in [3.05, 3.63) is 60.7 Å². The standard InChI is InChI=1S/C21H30O4Si/c1-21(2,3)26(19-10-6-4-7-11-19,20-12-8-5-9-13-20)25-17-18(16-23)24-15-14-22/h4-13,18,22-23H,14-17H2,1-3H3/t18-/m0/s1. The highest BCUT2D eigenvalue weighted by atomic mass is 28.4. The van der Waals surface area contributed by atoms with Crippen LogP contribution in [0.2, 0.25) is 5.04 Å². The molecule has 0 aliphatic carbocycles. The molecule has 4 nitrogen and oxygen atoms in total. The molecule has 0 aliphatic heterocycles. The topological polar surface area (TPSA) is 58.9 Å². The number of rotatable bonds is 9. The van der Waals surface area contributed by atoms with Gasteiger partial charge in [-0.25, -0.2) is 0 Å². The van der Waals surface area contributed by atoms with Crippen molar-refractivity contribution >= 4 is 18.7 Å². The van der Waals surface area contributed by atoms with Gasteiger partial charge in [-0.15, -0.1) is 0 Å². The van der Waals surface area contributed by atoms with Crippen LogP contribution in [-0.2, 0) is 9.16 Å². The van der Waals surface area contributed by atoms with Crippen molar-refractivity contribution in [2.75, 3.05) is 26.4 Å². The average molecular weight is 375 g/mol. The van der Waals surface area contributed by atoms with Crippen molar-refractivity contribution in [1.82, 2.24) is 0 Å². The van der Waals surface area contributed by atoms with Crippen molar-refractivity contribution in [2.45, 2.75) is 31.9 Å². The fourth-order valence-electron chi connectivity index (χ4n) is 3.35. The van der Waals surface area contributed by atoms with Crippen molar-refractivity contribution in [1.29, 1.82) is 0 Å². The minimum atomic E-state index is -2.62. The second-order valence-corrected chi connectivity index (χ2v) is 11.7. The third kappa shape index (κ3) is 4.61. The maximum atomic E-state index is 9.62. The van der Waals surface area contributed by atoms with E-state index in [0.29, 0.717) is 0 Å². The molecular weight excluding hydrogens is 344 g/mol. The Morgan fingerprint density at radius 2 is 1.38 bits per heavy atom. The summed E-state index contributed by atoms with van der Waals surface area (Å²) in [7, 11) is -2.62. The summed E-state index contributed by atoms with van der Waals surface area (Å²) in [6, 6.07) is 20.7. The molecule has 0 aliphatic rings. The minimum absolute atomic E-state index is 0.0737. The number of aliphatic hydroxyl groups excluding tert-OH is 2. The van der Waals surface area contributed by atoms with E-state index in [1.54, 1.807) is 0 Å². The monoisotopic (exact) mass is 374 g/mol. The Balaban J connectivity index is 2.47. The molecule has 2 aromatic carbocycles. The van der Waals surface area contributed by atoms with Gasteiger partial charge < -0.3 is 19.4 Å². The van der Waals surface area contributed by atoms with Gasteiger partial charge in [0.15, 0.2) is 0 Å². The van der Waals surface area contributed by atoms with Gasteiger partial charge in [-0.1, -0.05) is 81.4 Å². The van der Waals surface area contributed by atoms with Crippen LogP contribution in [0.3, 0.4) is 0 Å². The molecule has 0 aromatic heterocycles. The van der Waals surface area contributed by atoms with E-state index >= 15 is 0 Å². The summed E-state index contributed by atoms with van der Waals surface area (Å²) < 4.78 is 12.2. The van der Waals surface area contributed by atoms with Crippen LogP contribution >= 0.6 is 0 Å². The number of hydrogen-bond donors (Lipinski definition) is 2. The lowest BCUT2D eigenvalue weighted by atomic mass is 10.2. The van der Waals surface area contributed by atoms with E-state index in [-0.39, 0.29) is 31.5 Å². The van der Waals surface area contributed by atoms with E-state index in [0.717, 1.165) is 0 Å². The zero-order valence-electron chi connectivity index (χ0n) is 15.9. The van der Waals surface area contributed by atoms with Crippen molar-refractivity contribution in [3.8, 4) is 0 Å². The van der Waals surface area contributed by atoms with Crippen LogP contribution in [-0.4, -0.2) is 51.1 Å². The molecule has 0 bridgehead atoms. The van der Waals surface area contributed by atoms with E-state index in [1.165, 1.54) is 10.4 Å². The molecule has 142 valence electrons. The summed E-state index contributed by atoms with van der Waals surface area (Å²) in [4.78, 5) is 0. The van der Waals surface area contributed by atoms with Crippen LogP contribution in [0.5, 0.6) is 0 Å². The zero-order chi connectivity index (χ0) is 19.0. The van der Waals surface area contributed by atoms with Gasteiger partial charge in [-0.2, -0.15) is 0 Å². The molecule has 2 N–H and O–H groups in total. The van der Waals surface area contributed by atoms with Crippen LogP contribution < -0.4 is 10.4 Å². The predicted molar refractivity (Wildman–Crippen MR) is 107 cm³/mol. The molecule has 26 heavy (non-hydrogen) atoms. The summed E-state index contributed by atoms with van der Waals surface area (Å²) >= 11 is 0. The summed E-state index contributed by atoms with van der Waals surface area (Å²) in [5.41, 5.74) is 0. The van der Waals surface area contributed by atoms with E-state index in [2.05, 4.69) is 45.0 Å². The first kappa shape index (κ1) is 20.8. The van der Waals surface area contributed by atoms with Crippen molar-refractivity contribution in [3.63, 3.8) is 0 Å². The summed E-state index contributed by atoms with van der Waals surface area (Å²) in [5.74, 6) is 0. The molecule has 0 saturated carbocycles. The van der Waals surface area contributed by atoms with Gasteiger partial charge in [-0.3, -0.25) is 0 Å². The highest BCUT2D eigenvalue weighted by Gasteiger charge is 2.50. The minimum Gasteiger partial charge on any atom is -0.405 e. The molecular formula is C21H30O4Si. The fourth-order valence-corrected chi connectivity index (χ4v) is 7.94. The average Bonchev–Trinajstić information content (AvgIpc) is 2.65. The van der Waals surface area contributed by atoms with Gasteiger partial charge in [0.25, 0.3) is 8.32 Å². The Kier molecular flexibility index (Phi) is 7.55. The zero-order valence-corrected chi connectivity index (χ0v) is 16.9. The number of hydrogen-bond acceptors (Lipinski definition) is 4. The van der Waals surface area contributed by atoms with Gasteiger partial charge >= 0.3 is 0 Å². The van der Waals surface area contributed by atoms with E-state index in [4.69, 9.17) is 14.3 Å². The summed E-state index contributed by atoms with van der Waals surface area (Å²) in [6.07, 6.45) is -0.455. The SMILES string of the molecule is CC(C)(C)[Si](OC[C@H](CO)OCCO)(c1ccccc1)c1ccccc1. The van der Waals surface area contributed by atoms with E-state index < -0.39 is 14.4 Å². The molecule has 0 amide bonds. The molecule has 0 radical (unpaired) electrons. The highest BCUT2D eigenvalue weighted by molar-refractivity contribution is 6.99. The van der Waals surface area contributed by atoms with Crippen LogP contribution in [0.15, 0.2) is 60.7 Å². The Morgan fingerprint density at radius 3 is 1.77 bits per heavy atom. The summed E-state index contributed by atoms with van der Waals surface area (Å²) in [5, 5.41) is 20.9. The molecule has 0 unspecified atom stereocenters. The molecule has 0 saturated heterocycles. The first-order chi connectivity index (χ1) is 12.5. The molecule has 1 atom stereocenters. The lowest BCUT2D eigenvalue weighted by Gasteiger charge is -2.43. The molecule has 5 heteroatoms. The number of benzene rings is 2. The van der Waals surface area contributed by atoms with Crippen LogP contribution in [0.25, 0.3) is 0 Å². The molecule has 0 heterocycles. The lowest BCUT2D eigenvalue weighted by molar-refractivity contribution is -0.0278. The van der Waals surface area contributed by atoms with Crippen molar-refractivity contribution < 1.29 is 19.4 Å². The third-order valence-electron chi connectivity index (χ3n) is 4.55. The van der Waals surface area contributed by atoms with Crippen molar-refractivity contribution in [2.24, 2.45) is 0 Å². The predicted octanol–water partition coefficient (Wildman–Crippen LogP) is 1.93.